The Morgan fingerprint density at radius 3 is 2.59 bits per heavy atom. The van der Waals surface area contributed by atoms with Crippen LogP contribution in [-0.4, -0.2) is 45.1 Å². The highest BCUT2D eigenvalue weighted by Gasteiger charge is 2.45. The van der Waals surface area contributed by atoms with Gasteiger partial charge in [0.15, 0.2) is 17.2 Å². The van der Waals surface area contributed by atoms with E-state index >= 15 is 0 Å². The molecular weight excluding hydrogens is 420 g/mol. The zero-order valence-corrected chi connectivity index (χ0v) is 18.0. The van der Waals surface area contributed by atoms with E-state index in [0.29, 0.717) is 6.54 Å². The van der Waals surface area contributed by atoms with E-state index in [4.69, 9.17) is 0 Å². The first-order chi connectivity index (χ1) is 15.3. The molecule has 0 unspecified atom stereocenters. The van der Waals surface area contributed by atoms with Crippen LogP contribution >= 0.6 is 0 Å². The highest BCUT2D eigenvalue weighted by molar-refractivity contribution is 6.00. The van der Waals surface area contributed by atoms with Crippen molar-refractivity contribution in [3.8, 4) is 5.75 Å². The molecule has 1 amide bonds. The van der Waals surface area contributed by atoms with Gasteiger partial charge in [0.25, 0.3) is 5.91 Å². The number of Topliss-reactive ketones (excluding diaryl/α,β-unsaturated/α-hetero) is 1. The molecule has 7 nitrogen and oxygen atoms in total. The number of hydrogen-bond acceptors (Lipinski definition) is 5. The third-order valence-electron chi connectivity index (χ3n) is 6.42. The topological polar surface area (TPSA) is 82.9 Å². The van der Waals surface area contributed by atoms with E-state index in [1.807, 2.05) is 18.9 Å². The predicted molar refractivity (Wildman–Crippen MR) is 113 cm³/mol. The minimum atomic E-state index is -0.920. The van der Waals surface area contributed by atoms with E-state index in [1.165, 1.54) is 16.9 Å². The number of amides is 1. The van der Waals surface area contributed by atoms with Gasteiger partial charge in [-0.3, -0.25) is 24.1 Å². The molecule has 3 heterocycles. The molecule has 1 aromatic carbocycles. The van der Waals surface area contributed by atoms with Gasteiger partial charge in [0, 0.05) is 31.3 Å². The van der Waals surface area contributed by atoms with Crippen molar-refractivity contribution >= 4 is 11.7 Å². The molecule has 0 saturated carbocycles. The van der Waals surface area contributed by atoms with Crippen LogP contribution in [0.15, 0.2) is 29.2 Å². The summed E-state index contributed by atoms with van der Waals surface area (Å²) in [6.45, 7) is 4.28. The minimum Gasteiger partial charge on any atom is -0.502 e. The van der Waals surface area contributed by atoms with Gasteiger partial charge in [0.05, 0.1) is 5.56 Å². The van der Waals surface area contributed by atoms with E-state index in [2.05, 4.69) is 0 Å². The first-order valence-corrected chi connectivity index (χ1v) is 10.8. The number of aryl methyl sites for hydroxylation is 1. The number of halogens is 2. The number of carbonyl (C=O) groups is 2. The van der Waals surface area contributed by atoms with Crippen molar-refractivity contribution in [1.29, 1.82) is 0 Å². The monoisotopic (exact) mass is 445 g/mol. The fourth-order valence-corrected chi connectivity index (χ4v) is 4.76. The van der Waals surface area contributed by atoms with E-state index in [9.17, 15) is 28.3 Å². The molecule has 2 aromatic rings. The van der Waals surface area contributed by atoms with Crippen molar-refractivity contribution < 1.29 is 23.5 Å². The van der Waals surface area contributed by atoms with Crippen molar-refractivity contribution in [3.63, 3.8) is 0 Å². The zero-order chi connectivity index (χ0) is 23.2. The normalized spacial score (nSPS) is 19.8. The molecule has 170 valence electrons. The van der Waals surface area contributed by atoms with Crippen LogP contribution in [0.5, 0.6) is 5.75 Å². The number of rotatable bonds is 6. The van der Waals surface area contributed by atoms with E-state index < -0.39 is 34.5 Å². The number of aromatic hydroxyl groups is 1. The third kappa shape index (κ3) is 3.45. The number of pyridine rings is 1. The summed E-state index contributed by atoms with van der Waals surface area (Å²) in [5.74, 6) is -3.27. The maximum absolute atomic E-state index is 13.9. The number of carbonyl (C=O) groups excluding carboxylic acids is 2. The van der Waals surface area contributed by atoms with Crippen molar-refractivity contribution in [2.24, 2.45) is 0 Å². The van der Waals surface area contributed by atoms with Crippen molar-refractivity contribution in [2.45, 2.75) is 58.2 Å². The Labute approximate surface area is 183 Å². The van der Waals surface area contributed by atoms with Gasteiger partial charge in [-0.2, -0.15) is 0 Å². The van der Waals surface area contributed by atoms with Crippen LogP contribution in [0.3, 0.4) is 0 Å². The van der Waals surface area contributed by atoms with E-state index in [-0.39, 0.29) is 41.9 Å². The highest BCUT2D eigenvalue weighted by atomic mass is 19.1. The fourth-order valence-electron chi connectivity index (χ4n) is 4.76. The largest absolute Gasteiger partial charge is 0.502 e. The second-order valence-electron chi connectivity index (χ2n) is 8.16. The molecule has 4 rings (SSSR count). The van der Waals surface area contributed by atoms with Crippen LogP contribution in [0.4, 0.5) is 8.78 Å². The van der Waals surface area contributed by atoms with Gasteiger partial charge in [0.1, 0.15) is 17.8 Å². The lowest BCUT2D eigenvalue weighted by Crippen LogP contribution is -2.60. The summed E-state index contributed by atoms with van der Waals surface area (Å²) in [5, 5.41) is 12.6. The molecule has 0 spiro atoms. The van der Waals surface area contributed by atoms with Gasteiger partial charge < -0.3 is 10.0 Å². The summed E-state index contributed by atoms with van der Waals surface area (Å²) in [6, 6.07) is 3.18. The second kappa shape index (κ2) is 8.37. The number of aromatic nitrogens is 1. The van der Waals surface area contributed by atoms with Gasteiger partial charge in [-0.05, 0) is 44.2 Å². The van der Waals surface area contributed by atoms with Crippen LogP contribution in [0.25, 0.3) is 0 Å². The molecule has 0 radical (unpaired) electrons. The van der Waals surface area contributed by atoms with Gasteiger partial charge >= 0.3 is 0 Å². The molecule has 1 fully saturated rings. The SMILES string of the molecule is CC[C@@H]1CC[C@H]2N(CC)C(=O)c3c(O)c(=O)c(C(=O)CCc4ccc(F)cc4F)cn3N12. The lowest BCUT2D eigenvalue weighted by atomic mass is 10.0. The molecule has 2 aliphatic rings. The molecule has 0 aliphatic carbocycles. The Balaban J connectivity index is 1.72. The molecule has 1 N–H and O–H groups in total. The first-order valence-electron chi connectivity index (χ1n) is 10.8. The van der Waals surface area contributed by atoms with Crippen molar-refractivity contribution in [2.75, 3.05) is 11.6 Å². The summed E-state index contributed by atoms with van der Waals surface area (Å²) < 4.78 is 28.5. The standard InChI is InChI=1S/C23H25F2N3O4/c1-3-15-8-10-19-26(4-2)23(32)20-22(31)21(30)16(12-27(20)28(15)19)18(29)9-6-13-5-7-14(24)11-17(13)25/h5,7,11-12,15,19,31H,3-4,6,8-10H2,1-2H3/t15-,19+/m1/s1. The number of nitrogens with zero attached hydrogens (tertiary/aromatic N) is 3. The van der Waals surface area contributed by atoms with Crippen LogP contribution in [-0.2, 0) is 6.42 Å². The zero-order valence-electron chi connectivity index (χ0n) is 18.0. The average Bonchev–Trinajstić information content (AvgIpc) is 3.19. The van der Waals surface area contributed by atoms with Crippen LogP contribution < -0.4 is 10.4 Å². The van der Waals surface area contributed by atoms with Gasteiger partial charge in [0.2, 0.25) is 5.43 Å². The van der Waals surface area contributed by atoms with Crippen molar-refractivity contribution in [3.05, 3.63) is 63.1 Å². The average molecular weight is 445 g/mol. The Morgan fingerprint density at radius 1 is 1.19 bits per heavy atom. The molecule has 1 aromatic heterocycles. The number of benzene rings is 1. The Morgan fingerprint density at radius 2 is 1.94 bits per heavy atom. The van der Waals surface area contributed by atoms with Gasteiger partial charge in [-0.15, -0.1) is 0 Å². The van der Waals surface area contributed by atoms with Crippen LogP contribution in [0, 0.1) is 11.6 Å². The number of ketones is 1. The minimum absolute atomic E-state index is 0.0284. The molecule has 9 heteroatoms. The summed E-state index contributed by atoms with van der Waals surface area (Å²) in [4.78, 5) is 40.3. The summed E-state index contributed by atoms with van der Waals surface area (Å²) in [6.07, 6.45) is 3.25. The highest BCUT2D eigenvalue weighted by Crippen LogP contribution is 2.34. The summed E-state index contributed by atoms with van der Waals surface area (Å²) in [7, 11) is 0. The molecular formula is C23H25F2N3O4. The van der Waals surface area contributed by atoms with Crippen LogP contribution in [0.2, 0.25) is 0 Å². The maximum atomic E-state index is 13.9. The number of hydrogen-bond donors (Lipinski definition) is 1. The molecule has 32 heavy (non-hydrogen) atoms. The fraction of sp³-hybridized carbons (Fsp3) is 0.435. The summed E-state index contributed by atoms with van der Waals surface area (Å²) in [5.41, 5.74) is -1.17. The Bertz CT molecular complexity index is 1150. The lowest BCUT2D eigenvalue weighted by Gasteiger charge is -2.45. The molecule has 2 atom stereocenters. The van der Waals surface area contributed by atoms with Crippen molar-refractivity contribution in [1.82, 2.24) is 9.58 Å². The Kier molecular flexibility index (Phi) is 5.75. The molecule has 2 aliphatic heterocycles. The van der Waals surface area contributed by atoms with E-state index in [0.717, 1.165) is 31.4 Å². The molecule has 0 bridgehead atoms. The number of fused-ring (bicyclic) bond motifs is 3. The quantitative estimate of drug-likeness (QED) is 0.692. The Hall–Kier alpha value is -3.23. The smallest absolute Gasteiger partial charge is 0.278 e. The van der Waals surface area contributed by atoms with E-state index in [1.54, 1.807) is 4.90 Å². The van der Waals surface area contributed by atoms with Crippen LogP contribution in [0.1, 0.15) is 65.9 Å². The van der Waals surface area contributed by atoms with Gasteiger partial charge in [-0.1, -0.05) is 13.0 Å². The predicted octanol–water partition coefficient (Wildman–Crippen LogP) is 2.96. The molecule has 1 saturated heterocycles. The maximum Gasteiger partial charge on any atom is 0.278 e. The second-order valence-corrected chi connectivity index (χ2v) is 8.16. The first kappa shape index (κ1) is 22.0. The lowest BCUT2D eigenvalue weighted by molar-refractivity contribution is 0.0598. The van der Waals surface area contributed by atoms with Gasteiger partial charge in [-0.25, -0.2) is 8.78 Å². The third-order valence-corrected chi connectivity index (χ3v) is 6.42. The summed E-state index contributed by atoms with van der Waals surface area (Å²) >= 11 is 0.